The van der Waals surface area contributed by atoms with Crippen LogP contribution in [-0.2, 0) is 20.3 Å². The van der Waals surface area contributed by atoms with Gasteiger partial charge in [0.05, 0.1) is 18.4 Å². The summed E-state index contributed by atoms with van der Waals surface area (Å²) < 4.78 is 8.62. The van der Waals surface area contributed by atoms with Crippen molar-refractivity contribution in [3.63, 3.8) is 0 Å². The van der Waals surface area contributed by atoms with Crippen molar-refractivity contribution < 1.29 is 4.42 Å². The molecule has 0 saturated heterocycles. The number of hydrogen-bond donors (Lipinski definition) is 0. The van der Waals surface area contributed by atoms with E-state index in [0.717, 1.165) is 17.6 Å². The summed E-state index contributed by atoms with van der Waals surface area (Å²) in [6.07, 6.45) is 3.79. The zero-order chi connectivity index (χ0) is 14.1. The van der Waals surface area contributed by atoms with E-state index in [9.17, 15) is 4.79 Å². The zero-order valence-corrected chi connectivity index (χ0v) is 11.5. The molecular formula is C14H16N4O2. The Labute approximate surface area is 115 Å². The number of aromatic nitrogens is 3. The molecule has 2 heterocycles. The third kappa shape index (κ3) is 2.37. The van der Waals surface area contributed by atoms with E-state index in [-0.39, 0.29) is 5.76 Å². The first-order chi connectivity index (χ1) is 9.63. The SMILES string of the molecule is CN(Cc1cnn(C)c1)Cn1c(=O)oc2ccccc21. The Hall–Kier alpha value is -2.34. The van der Waals surface area contributed by atoms with E-state index in [2.05, 4.69) is 5.10 Å². The minimum atomic E-state index is -0.329. The summed E-state index contributed by atoms with van der Waals surface area (Å²) in [6, 6.07) is 7.44. The van der Waals surface area contributed by atoms with Crippen molar-refractivity contribution in [1.29, 1.82) is 0 Å². The minimum Gasteiger partial charge on any atom is -0.408 e. The van der Waals surface area contributed by atoms with Gasteiger partial charge in [-0.3, -0.25) is 14.1 Å². The smallest absolute Gasteiger partial charge is 0.408 e. The van der Waals surface area contributed by atoms with Gasteiger partial charge in [-0.15, -0.1) is 0 Å². The van der Waals surface area contributed by atoms with Crippen molar-refractivity contribution in [2.24, 2.45) is 7.05 Å². The second-order valence-electron chi connectivity index (χ2n) is 4.94. The molecule has 0 radical (unpaired) electrons. The van der Waals surface area contributed by atoms with Gasteiger partial charge in [-0.1, -0.05) is 12.1 Å². The first-order valence-corrected chi connectivity index (χ1v) is 6.38. The lowest BCUT2D eigenvalue weighted by molar-refractivity contribution is 0.253. The number of rotatable bonds is 4. The molecular weight excluding hydrogens is 256 g/mol. The second kappa shape index (κ2) is 4.97. The highest BCUT2D eigenvalue weighted by Crippen LogP contribution is 2.12. The van der Waals surface area contributed by atoms with Crippen molar-refractivity contribution in [3.05, 3.63) is 52.8 Å². The van der Waals surface area contributed by atoms with Gasteiger partial charge < -0.3 is 4.42 Å². The lowest BCUT2D eigenvalue weighted by Gasteiger charge is -2.15. The molecule has 20 heavy (non-hydrogen) atoms. The van der Waals surface area contributed by atoms with Crippen molar-refractivity contribution >= 4 is 11.1 Å². The van der Waals surface area contributed by atoms with Crippen LogP contribution in [0.1, 0.15) is 5.56 Å². The fourth-order valence-electron chi connectivity index (χ4n) is 2.30. The van der Waals surface area contributed by atoms with Crippen LogP contribution in [0.2, 0.25) is 0 Å². The summed E-state index contributed by atoms with van der Waals surface area (Å²) in [5.74, 6) is -0.329. The van der Waals surface area contributed by atoms with Crippen molar-refractivity contribution in [1.82, 2.24) is 19.2 Å². The van der Waals surface area contributed by atoms with Crippen LogP contribution in [0.25, 0.3) is 11.1 Å². The molecule has 0 spiro atoms. The monoisotopic (exact) mass is 272 g/mol. The van der Waals surface area contributed by atoms with E-state index >= 15 is 0 Å². The van der Waals surface area contributed by atoms with Gasteiger partial charge in [0.25, 0.3) is 0 Å². The van der Waals surface area contributed by atoms with Crippen LogP contribution in [0.5, 0.6) is 0 Å². The minimum absolute atomic E-state index is 0.329. The summed E-state index contributed by atoms with van der Waals surface area (Å²) >= 11 is 0. The molecule has 0 aliphatic rings. The van der Waals surface area contributed by atoms with E-state index < -0.39 is 0 Å². The normalized spacial score (nSPS) is 11.6. The van der Waals surface area contributed by atoms with Gasteiger partial charge >= 0.3 is 5.76 Å². The largest absolute Gasteiger partial charge is 0.421 e. The van der Waals surface area contributed by atoms with Gasteiger partial charge in [-0.25, -0.2) is 4.79 Å². The molecule has 0 aliphatic heterocycles. The van der Waals surface area contributed by atoms with Crippen LogP contribution in [0.3, 0.4) is 0 Å². The maximum absolute atomic E-state index is 11.9. The van der Waals surface area contributed by atoms with Crippen molar-refractivity contribution in [2.45, 2.75) is 13.2 Å². The second-order valence-corrected chi connectivity index (χ2v) is 4.94. The van der Waals surface area contributed by atoms with Crippen molar-refractivity contribution in [2.75, 3.05) is 7.05 Å². The molecule has 0 bridgehead atoms. The summed E-state index contributed by atoms with van der Waals surface area (Å²) in [5, 5.41) is 4.14. The van der Waals surface area contributed by atoms with Crippen LogP contribution < -0.4 is 5.76 Å². The maximum atomic E-state index is 11.9. The van der Waals surface area contributed by atoms with Crippen LogP contribution >= 0.6 is 0 Å². The molecule has 6 heteroatoms. The van der Waals surface area contributed by atoms with Crippen LogP contribution in [0.15, 0.2) is 45.9 Å². The van der Waals surface area contributed by atoms with E-state index in [1.54, 1.807) is 15.3 Å². The molecule has 0 amide bonds. The Morgan fingerprint density at radius 3 is 2.90 bits per heavy atom. The molecule has 3 aromatic rings. The molecule has 0 aliphatic carbocycles. The summed E-state index contributed by atoms with van der Waals surface area (Å²) in [6.45, 7) is 1.20. The van der Waals surface area contributed by atoms with E-state index in [4.69, 9.17) is 4.42 Å². The molecule has 0 unspecified atom stereocenters. The van der Waals surface area contributed by atoms with Crippen molar-refractivity contribution in [3.8, 4) is 0 Å². The average Bonchev–Trinajstić information content (AvgIpc) is 2.94. The number of aryl methyl sites for hydroxylation is 1. The molecule has 0 fully saturated rings. The van der Waals surface area contributed by atoms with Gasteiger partial charge in [0.2, 0.25) is 0 Å². The molecule has 2 aromatic heterocycles. The highest BCUT2D eigenvalue weighted by atomic mass is 16.4. The molecule has 0 N–H and O–H groups in total. The standard InChI is InChI=1S/C14H16N4O2/c1-16(8-11-7-15-17(2)9-11)10-18-12-5-3-4-6-13(12)20-14(18)19/h3-7,9H,8,10H2,1-2H3. The number of oxazole rings is 1. The molecule has 6 nitrogen and oxygen atoms in total. The number of para-hydroxylation sites is 2. The highest BCUT2D eigenvalue weighted by Gasteiger charge is 2.11. The predicted octanol–water partition coefficient (Wildman–Crippen LogP) is 1.42. The Balaban J connectivity index is 1.82. The topological polar surface area (TPSA) is 56.2 Å². The zero-order valence-electron chi connectivity index (χ0n) is 11.5. The molecule has 0 saturated carbocycles. The van der Waals surface area contributed by atoms with Crippen LogP contribution in [0, 0.1) is 0 Å². The van der Waals surface area contributed by atoms with Gasteiger partial charge in [0, 0.05) is 25.4 Å². The van der Waals surface area contributed by atoms with E-state index in [1.165, 1.54) is 0 Å². The first kappa shape index (κ1) is 12.7. The maximum Gasteiger partial charge on any atom is 0.421 e. The Morgan fingerprint density at radius 2 is 2.15 bits per heavy atom. The van der Waals surface area contributed by atoms with E-state index in [0.29, 0.717) is 12.3 Å². The van der Waals surface area contributed by atoms with Crippen LogP contribution in [-0.4, -0.2) is 26.3 Å². The number of nitrogens with zero attached hydrogens (tertiary/aromatic N) is 4. The number of benzene rings is 1. The van der Waals surface area contributed by atoms with Gasteiger partial charge in [-0.2, -0.15) is 5.10 Å². The molecule has 104 valence electrons. The predicted molar refractivity (Wildman–Crippen MR) is 75.1 cm³/mol. The van der Waals surface area contributed by atoms with Gasteiger partial charge in [0.15, 0.2) is 5.58 Å². The Bertz CT molecular complexity index is 784. The number of fused-ring (bicyclic) bond motifs is 1. The fraction of sp³-hybridized carbons (Fsp3) is 0.286. The summed E-state index contributed by atoms with van der Waals surface area (Å²) in [4.78, 5) is 13.9. The summed E-state index contributed by atoms with van der Waals surface area (Å²) in [7, 11) is 3.85. The van der Waals surface area contributed by atoms with E-state index in [1.807, 2.05) is 49.6 Å². The quantitative estimate of drug-likeness (QED) is 0.720. The average molecular weight is 272 g/mol. The lowest BCUT2D eigenvalue weighted by atomic mass is 10.3. The van der Waals surface area contributed by atoms with Crippen LogP contribution in [0.4, 0.5) is 0 Å². The Kier molecular flexibility index (Phi) is 3.15. The molecule has 0 atom stereocenters. The first-order valence-electron chi connectivity index (χ1n) is 6.38. The lowest BCUT2D eigenvalue weighted by Crippen LogP contribution is -2.26. The highest BCUT2D eigenvalue weighted by molar-refractivity contribution is 5.72. The fourth-order valence-corrected chi connectivity index (χ4v) is 2.30. The summed E-state index contributed by atoms with van der Waals surface area (Å²) in [5.41, 5.74) is 2.54. The third-order valence-corrected chi connectivity index (χ3v) is 3.17. The third-order valence-electron chi connectivity index (χ3n) is 3.17. The molecule has 3 rings (SSSR count). The Morgan fingerprint density at radius 1 is 1.35 bits per heavy atom. The number of hydrogen-bond acceptors (Lipinski definition) is 4. The van der Waals surface area contributed by atoms with Gasteiger partial charge in [0.1, 0.15) is 0 Å². The van der Waals surface area contributed by atoms with Gasteiger partial charge in [-0.05, 0) is 19.2 Å². The molecule has 1 aromatic carbocycles.